The van der Waals surface area contributed by atoms with Crippen LogP contribution in [0.3, 0.4) is 0 Å². The first-order valence-electron chi connectivity index (χ1n) is 5.01. The Bertz CT molecular complexity index is 487. The van der Waals surface area contributed by atoms with E-state index in [2.05, 4.69) is 10.1 Å². The summed E-state index contributed by atoms with van der Waals surface area (Å²) >= 11 is 5.55. The van der Waals surface area contributed by atoms with Gasteiger partial charge in [-0.25, -0.2) is 13.2 Å². The zero-order valence-electron chi connectivity index (χ0n) is 9.68. The van der Waals surface area contributed by atoms with Crippen LogP contribution in [0.2, 0.25) is 0 Å². The van der Waals surface area contributed by atoms with Crippen LogP contribution in [0.25, 0.3) is 0 Å². The summed E-state index contributed by atoms with van der Waals surface area (Å²) in [4.78, 5) is 22.4. The van der Waals surface area contributed by atoms with Crippen molar-refractivity contribution >= 4 is 23.5 Å². The molecule has 0 spiro atoms. The van der Waals surface area contributed by atoms with E-state index >= 15 is 0 Å². The van der Waals surface area contributed by atoms with Crippen molar-refractivity contribution in [3.05, 3.63) is 35.1 Å². The maximum absolute atomic E-state index is 12.9. The topological polar surface area (TPSA) is 55.4 Å². The number of hydrogen-bond acceptors (Lipinski definition) is 3. The number of carbonyl (C=O) groups excluding carboxylic acids is 2. The first kappa shape index (κ1) is 15.3. The Kier molecular flexibility index (Phi) is 5.17. The molecule has 0 saturated carbocycles. The van der Waals surface area contributed by atoms with Crippen LogP contribution < -0.4 is 5.32 Å². The summed E-state index contributed by atoms with van der Waals surface area (Å²) in [5.41, 5.74) is -0.426. The maximum Gasteiger partial charge on any atom is 0.325 e. The van der Waals surface area contributed by atoms with Crippen molar-refractivity contribution in [2.75, 3.05) is 13.7 Å². The van der Waals surface area contributed by atoms with Gasteiger partial charge in [0.2, 0.25) is 0 Å². The molecule has 0 bridgehead atoms. The van der Waals surface area contributed by atoms with Crippen molar-refractivity contribution in [2.45, 2.75) is 5.38 Å². The summed E-state index contributed by atoms with van der Waals surface area (Å²) < 4.78 is 42.8. The van der Waals surface area contributed by atoms with E-state index in [4.69, 9.17) is 11.6 Å². The zero-order valence-corrected chi connectivity index (χ0v) is 10.4. The average molecular weight is 296 g/mol. The van der Waals surface area contributed by atoms with E-state index < -0.39 is 40.3 Å². The van der Waals surface area contributed by atoms with Crippen molar-refractivity contribution in [2.24, 2.45) is 0 Å². The Balaban J connectivity index is 2.72. The van der Waals surface area contributed by atoms with Crippen molar-refractivity contribution < 1.29 is 27.5 Å². The SMILES string of the molecule is COC(=O)C(Cl)CNC(=O)c1cc(F)c(F)c(F)c1. The molecular formula is C11H9ClF3NO3. The number of rotatable bonds is 4. The van der Waals surface area contributed by atoms with Crippen LogP contribution in [0, 0.1) is 17.5 Å². The Morgan fingerprint density at radius 3 is 2.32 bits per heavy atom. The molecule has 0 aromatic heterocycles. The molecule has 1 unspecified atom stereocenters. The van der Waals surface area contributed by atoms with Crippen molar-refractivity contribution in [1.29, 1.82) is 0 Å². The highest BCUT2D eigenvalue weighted by atomic mass is 35.5. The molecule has 1 rings (SSSR count). The first-order valence-corrected chi connectivity index (χ1v) is 5.45. The van der Waals surface area contributed by atoms with Crippen LogP contribution in [0.4, 0.5) is 13.2 Å². The highest BCUT2D eigenvalue weighted by molar-refractivity contribution is 6.30. The Labute approximate surface area is 111 Å². The lowest BCUT2D eigenvalue weighted by atomic mass is 10.2. The van der Waals surface area contributed by atoms with Crippen LogP contribution in [0.1, 0.15) is 10.4 Å². The van der Waals surface area contributed by atoms with Gasteiger partial charge >= 0.3 is 5.97 Å². The molecule has 4 nitrogen and oxygen atoms in total. The van der Waals surface area contributed by atoms with Crippen molar-refractivity contribution in [3.8, 4) is 0 Å². The lowest BCUT2D eigenvalue weighted by molar-refractivity contribution is -0.140. The fourth-order valence-electron chi connectivity index (χ4n) is 1.18. The fourth-order valence-corrected chi connectivity index (χ4v) is 1.35. The first-order chi connectivity index (χ1) is 8.86. The Morgan fingerprint density at radius 1 is 1.32 bits per heavy atom. The summed E-state index contributed by atoms with van der Waals surface area (Å²) in [5, 5.41) is 1.03. The molecule has 0 radical (unpaired) electrons. The van der Waals surface area contributed by atoms with E-state index in [0.717, 1.165) is 7.11 Å². The predicted octanol–water partition coefficient (Wildman–Crippen LogP) is 1.61. The van der Waals surface area contributed by atoms with E-state index in [1.807, 2.05) is 0 Å². The minimum absolute atomic E-state index is 0.298. The van der Waals surface area contributed by atoms with Gasteiger partial charge in [0.1, 0.15) is 5.38 Å². The molecule has 1 aromatic rings. The number of nitrogens with one attached hydrogen (secondary N) is 1. The Morgan fingerprint density at radius 2 is 1.84 bits per heavy atom. The lowest BCUT2D eigenvalue weighted by Gasteiger charge is -2.09. The van der Waals surface area contributed by atoms with E-state index in [1.54, 1.807) is 0 Å². The van der Waals surface area contributed by atoms with E-state index in [0.29, 0.717) is 12.1 Å². The number of methoxy groups -OCH3 is 1. The van der Waals surface area contributed by atoms with Gasteiger partial charge in [-0.15, -0.1) is 11.6 Å². The number of ether oxygens (including phenoxy) is 1. The number of carbonyl (C=O) groups is 2. The van der Waals surface area contributed by atoms with E-state index in [9.17, 15) is 22.8 Å². The van der Waals surface area contributed by atoms with Gasteiger partial charge in [-0.05, 0) is 12.1 Å². The molecule has 1 aromatic carbocycles. The molecule has 0 aliphatic carbocycles. The molecule has 0 fully saturated rings. The number of hydrogen-bond donors (Lipinski definition) is 1. The minimum atomic E-state index is -1.67. The molecule has 8 heteroatoms. The summed E-state index contributed by atoms with van der Waals surface area (Å²) in [7, 11) is 1.12. The standard InChI is InChI=1S/C11H9ClF3NO3/c1-19-11(18)6(12)4-16-10(17)5-2-7(13)9(15)8(14)3-5/h2-3,6H,4H2,1H3,(H,16,17). The van der Waals surface area contributed by atoms with E-state index in [-0.39, 0.29) is 6.54 Å². The molecule has 0 saturated heterocycles. The summed E-state index contributed by atoms with van der Waals surface area (Å²) in [6.07, 6.45) is 0. The van der Waals surface area contributed by atoms with Crippen LogP contribution in [-0.2, 0) is 9.53 Å². The third-order valence-corrected chi connectivity index (χ3v) is 2.48. The normalized spacial score (nSPS) is 11.8. The van der Waals surface area contributed by atoms with Gasteiger partial charge in [-0.3, -0.25) is 9.59 Å². The third kappa shape index (κ3) is 3.85. The van der Waals surface area contributed by atoms with Gasteiger partial charge in [0.15, 0.2) is 17.5 Å². The molecule has 0 heterocycles. The van der Waals surface area contributed by atoms with Gasteiger partial charge in [0.05, 0.1) is 7.11 Å². The lowest BCUT2D eigenvalue weighted by Crippen LogP contribution is -2.34. The zero-order chi connectivity index (χ0) is 14.6. The molecule has 0 aliphatic heterocycles. The van der Waals surface area contributed by atoms with Crippen LogP contribution >= 0.6 is 11.6 Å². The number of amides is 1. The molecular weight excluding hydrogens is 287 g/mol. The predicted molar refractivity (Wildman–Crippen MR) is 60.3 cm³/mol. The average Bonchev–Trinajstić information content (AvgIpc) is 2.39. The van der Waals surface area contributed by atoms with Gasteiger partial charge in [0.25, 0.3) is 5.91 Å². The van der Waals surface area contributed by atoms with Gasteiger partial charge < -0.3 is 10.1 Å². The second-order valence-corrected chi connectivity index (χ2v) is 3.98. The monoisotopic (exact) mass is 295 g/mol. The molecule has 1 N–H and O–H groups in total. The fraction of sp³-hybridized carbons (Fsp3) is 0.273. The van der Waals surface area contributed by atoms with Gasteiger partial charge in [0, 0.05) is 12.1 Å². The van der Waals surface area contributed by atoms with Gasteiger partial charge in [-0.2, -0.15) is 0 Å². The maximum atomic E-state index is 12.9. The summed E-state index contributed by atoms with van der Waals surface area (Å²) in [6.45, 7) is -0.298. The third-order valence-electron chi connectivity index (χ3n) is 2.14. The second-order valence-electron chi connectivity index (χ2n) is 3.45. The number of alkyl halides is 1. The Hall–Kier alpha value is -1.76. The summed E-state index contributed by atoms with van der Waals surface area (Å²) in [6, 6.07) is 1.07. The largest absolute Gasteiger partial charge is 0.468 e. The quantitative estimate of drug-likeness (QED) is 0.522. The van der Waals surface area contributed by atoms with Gasteiger partial charge in [-0.1, -0.05) is 0 Å². The second kappa shape index (κ2) is 6.42. The summed E-state index contributed by atoms with van der Waals surface area (Å²) in [5.74, 6) is -6.30. The molecule has 1 amide bonds. The van der Waals surface area contributed by atoms with Crippen LogP contribution in [0.5, 0.6) is 0 Å². The molecule has 0 aliphatic rings. The van der Waals surface area contributed by atoms with Crippen molar-refractivity contribution in [3.63, 3.8) is 0 Å². The van der Waals surface area contributed by atoms with Crippen LogP contribution in [0.15, 0.2) is 12.1 Å². The number of benzene rings is 1. The highest BCUT2D eigenvalue weighted by Crippen LogP contribution is 2.13. The van der Waals surface area contributed by atoms with Crippen molar-refractivity contribution in [1.82, 2.24) is 5.32 Å². The number of halogens is 4. The number of esters is 1. The minimum Gasteiger partial charge on any atom is -0.468 e. The molecule has 19 heavy (non-hydrogen) atoms. The smallest absolute Gasteiger partial charge is 0.325 e. The van der Waals surface area contributed by atoms with E-state index in [1.165, 1.54) is 0 Å². The van der Waals surface area contributed by atoms with Crippen LogP contribution in [-0.4, -0.2) is 30.9 Å². The molecule has 104 valence electrons. The molecule has 1 atom stereocenters. The highest BCUT2D eigenvalue weighted by Gasteiger charge is 2.19.